The van der Waals surface area contributed by atoms with Gasteiger partial charge < -0.3 is 14.6 Å². The zero-order chi connectivity index (χ0) is 38.0. The molecule has 0 saturated carbocycles. The Morgan fingerprint density at radius 3 is 2.75 bits per heavy atom. The zero-order valence-electron chi connectivity index (χ0n) is 31.5. The van der Waals surface area contributed by atoms with Crippen LogP contribution in [0.2, 0.25) is 0 Å². The molecule has 0 bridgehead atoms. The van der Waals surface area contributed by atoms with Gasteiger partial charge in [-0.1, -0.05) is 35.6 Å². The molecule has 1 aliphatic rings. The second-order valence-electron chi connectivity index (χ2n) is 14.4. The summed E-state index contributed by atoms with van der Waals surface area (Å²) in [7, 11) is 0. The van der Waals surface area contributed by atoms with Crippen LogP contribution in [0.15, 0.2) is 93.8 Å². The molecule has 0 aliphatic carbocycles. The SMILES string of the molecule is CCn1c2ccc(CNCCCCN3CCCn4nc(C(=O)Nc5nc6ccc(NSc7cccs7)cc6s5)cc4C3)cc2c2ccc(-c3cc(C)cs3)cc21. The summed E-state index contributed by atoms with van der Waals surface area (Å²) in [6.45, 7) is 10.9. The van der Waals surface area contributed by atoms with Gasteiger partial charge in [-0.15, -0.1) is 22.7 Å². The van der Waals surface area contributed by atoms with Crippen LogP contribution in [-0.2, 0) is 26.2 Å². The molecule has 3 N–H and O–H groups in total. The van der Waals surface area contributed by atoms with Gasteiger partial charge in [-0.25, -0.2) is 4.98 Å². The maximum Gasteiger partial charge on any atom is 0.277 e. The summed E-state index contributed by atoms with van der Waals surface area (Å²) in [6.07, 6.45) is 3.24. The highest BCUT2D eigenvalue weighted by Gasteiger charge is 2.21. The van der Waals surface area contributed by atoms with Crippen LogP contribution in [0.25, 0.3) is 42.5 Å². The molecular formula is C43H44N8OS4. The van der Waals surface area contributed by atoms with Gasteiger partial charge in [0.15, 0.2) is 10.8 Å². The van der Waals surface area contributed by atoms with Gasteiger partial charge in [-0.3, -0.25) is 19.7 Å². The van der Waals surface area contributed by atoms with Crippen molar-refractivity contribution in [1.82, 2.24) is 29.5 Å². The number of hydrogen-bond donors (Lipinski definition) is 3. The van der Waals surface area contributed by atoms with Crippen molar-refractivity contribution in [2.45, 2.75) is 63.5 Å². The number of nitrogens with one attached hydrogen (secondary N) is 3. The molecule has 0 spiro atoms. The van der Waals surface area contributed by atoms with Gasteiger partial charge in [0.25, 0.3) is 5.91 Å². The van der Waals surface area contributed by atoms with E-state index in [0.29, 0.717) is 10.8 Å². The molecule has 1 aliphatic heterocycles. The molecule has 13 heteroatoms. The number of anilines is 2. The fourth-order valence-electron chi connectivity index (χ4n) is 7.62. The Labute approximate surface area is 342 Å². The van der Waals surface area contributed by atoms with Crippen molar-refractivity contribution in [3.8, 4) is 10.4 Å². The van der Waals surface area contributed by atoms with E-state index in [0.717, 1.165) is 86.7 Å². The maximum absolute atomic E-state index is 13.3. The lowest BCUT2D eigenvalue weighted by Crippen LogP contribution is -2.25. The highest BCUT2D eigenvalue weighted by molar-refractivity contribution is 8.02. The Morgan fingerprint density at radius 1 is 0.946 bits per heavy atom. The van der Waals surface area contributed by atoms with Crippen molar-refractivity contribution in [1.29, 1.82) is 0 Å². The molecule has 5 aromatic heterocycles. The quantitative estimate of drug-likeness (QED) is 0.0743. The van der Waals surface area contributed by atoms with E-state index in [-0.39, 0.29) is 5.91 Å². The molecule has 56 heavy (non-hydrogen) atoms. The number of unbranched alkanes of at least 4 members (excludes halogenated alkanes) is 1. The van der Waals surface area contributed by atoms with Crippen molar-refractivity contribution < 1.29 is 4.79 Å². The predicted octanol–water partition coefficient (Wildman–Crippen LogP) is 10.9. The van der Waals surface area contributed by atoms with Gasteiger partial charge in [0.05, 0.1) is 20.1 Å². The molecule has 3 aromatic carbocycles. The van der Waals surface area contributed by atoms with Crippen molar-refractivity contribution in [2.24, 2.45) is 0 Å². The van der Waals surface area contributed by atoms with Crippen LogP contribution < -0.4 is 15.4 Å². The average Bonchev–Trinajstić information content (AvgIpc) is 4.05. The number of carbonyl (C=O) groups is 1. The van der Waals surface area contributed by atoms with E-state index in [2.05, 4.69) is 109 Å². The molecule has 0 unspecified atom stereocenters. The number of benzene rings is 3. The fourth-order valence-corrected chi connectivity index (χ4v) is 10.8. The topological polar surface area (TPSA) is 92.0 Å². The van der Waals surface area contributed by atoms with Crippen LogP contribution >= 0.6 is 46.0 Å². The van der Waals surface area contributed by atoms with Crippen LogP contribution in [0.1, 0.15) is 53.5 Å². The zero-order valence-corrected chi connectivity index (χ0v) is 34.8. The smallest absolute Gasteiger partial charge is 0.277 e. The van der Waals surface area contributed by atoms with Crippen molar-refractivity contribution in [3.05, 3.63) is 112 Å². The van der Waals surface area contributed by atoms with Crippen molar-refractivity contribution in [3.63, 3.8) is 0 Å². The number of fused-ring (bicyclic) bond motifs is 5. The van der Waals surface area contributed by atoms with Gasteiger partial charge in [0.2, 0.25) is 0 Å². The first-order chi connectivity index (χ1) is 27.5. The maximum atomic E-state index is 13.3. The van der Waals surface area contributed by atoms with E-state index in [1.54, 1.807) is 23.3 Å². The van der Waals surface area contributed by atoms with Crippen LogP contribution in [0, 0.1) is 6.92 Å². The van der Waals surface area contributed by atoms with Gasteiger partial charge in [0.1, 0.15) is 0 Å². The van der Waals surface area contributed by atoms with E-state index >= 15 is 0 Å². The lowest BCUT2D eigenvalue weighted by Gasteiger charge is -2.19. The number of aryl methyl sites for hydroxylation is 3. The number of thiazole rings is 1. The molecule has 0 atom stereocenters. The normalized spacial score (nSPS) is 13.5. The summed E-state index contributed by atoms with van der Waals surface area (Å²) in [5, 5.41) is 18.9. The Bertz CT molecular complexity index is 2630. The summed E-state index contributed by atoms with van der Waals surface area (Å²) >= 11 is 6.59. The van der Waals surface area contributed by atoms with Crippen LogP contribution in [-0.4, -0.2) is 49.8 Å². The van der Waals surface area contributed by atoms with E-state index in [4.69, 9.17) is 5.10 Å². The summed E-state index contributed by atoms with van der Waals surface area (Å²) in [5.74, 6) is -0.220. The molecule has 0 fully saturated rings. The number of amides is 1. The standard InChI is InChI=1S/C43H44N8OS4/c1-3-50-37-14-9-29(21-34(37)33-12-10-30(22-38(33)50)39-20-28(2)27-54-39)25-44-15-4-5-16-49-17-7-18-51-32(26-49)24-36(47-51)42(52)46-43-45-35-13-11-31(23-40(35)55-43)48-56-41-8-6-19-53-41/h6,8-14,19-24,27,44,48H,3-5,7,15-18,25-26H2,1-2H3,(H,45,46,52). The number of rotatable bonds is 14. The summed E-state index contributed by atoms with van der Waals surface area (Å²) in [6, 6.07) is 28.3. The molecule has 0 radical (unpaired) electrons. The fraction of sp³-hybridized carbons (Fsp3) is 0.279. The van der Waals surface area contributed by atoms with Crippen molar-refractivity contribution in [2.75, 3.05) is 29.7 Å². The lowest BCUT2D eigenvalue weighted by atomic mass is 10.1. The van der Waals surface area contributed by atoms with Crippen molar-refractivity contribution >= 4 is 94.7 Å². The number of thiophene rings is 2. The average molecular weight is 817 g/mol. The number of nitrogens with zero attached hydrogens (tertiary/aromatic N) is 5. The van der Waals surface area contributed by atoms with Gasteiger partial charge in [0, 0.05) is 65.1 Å². The van der Waals surface area contributed by atoms with E-state index in [1.165, 1.54) is 58.9 Å². The van der Waals surface area contributed by atoms with E-state index in [1.807, 2.05) is 40.3 Å². The monoisotopic (exact) mass is 816 g/mol. The predicted molar refractivity (Wildman–Crippen MR) is 238 cm³/mol. The first kappa shape index (κ1) is 37.1. The van der Waals surface area contributed by atoms with E-state index in [9.17, 15) is 4.79 Å². The third-order valence-electron chi connectivity index (χ3n) is 10.4. The number of carbonyl (C=O) groups excluding carboxylic acids is 1. The minimum Gasteiger partial charge on any atom is -0.341 e. The minimum absolute atomic E-state index is 0.220. The Hall–Kier alpha value is -4.50. The number of aromatic nitrogens is 4. The lowest BCUT2D eigenvalue weighted by molar-refractivity contribution is 0.102. The molecule has 286 valence electrons. The molecule has 9 nitrogen and oxygen atoms in total. The third kappa shape index (κ3) is 8.02. The molecule has 0 saturated heterocycles. The number of hydrogen-bond acceptors (Lipinski definition) is 10. The van der Waals surface area contributed by atoms with Crippen LogP contribution in [0.3, 0.4) is 0 Å². The molecule has 9 rings (SSSR count). The van der Waals surface area contributed by atoms with Gasteiger partial charge >= 0.3 is 0 Å². The van der Waals surface area contributed by atoms with Crippen LogP contribution in [0.4, 0.5) is 10.8 Å². The minimum atomic E-state index is -0.220. The van der Waals surface area contributed by atoms with Gasteiger partial charge in [-0.05, 0) is 140 Å². The largest absolute Gasteiger partial charge is 0.341 e. The summed E-state index contributed by atoms with van der Waals surface area (Å²) < 4.78 is 10.1. The first-order valence-electron chi connectivity index (χ1n) is 19.3. The van der Waals surface area contributed by atoms with Crippen LogP contribution in [0.5, 0.6) is 0 Å². The molecule has 6 heterocycles. The van der Waals surface area contributed by atoms with Gasteiger partial charge in [-0.2, -0.15) is 5.10 Å². The third-order valence-corrected chi connectivity index (χ3v) is 14.3. The molecule has 1 amide bonds. The second-order valence-corrected chi connectivity index (χ2v) is 18.4. The Morgan fingerprint density at radius 2 is 1.89 bits per heavy atom. The molecular weight excluding hydrogens is 773 g/mol. The first-order valence-corrected chi connectivity index (χ1v) is 22.6. The Balaban J connectivity index is 0.754. The molecule has 8 aromatic rings. The Kier molecular flexibility index (Phi) is 11.0. The van der Waals surface area contributed by atoms with E-state index < -0.39 is 0 Å². The highest BCUT2D eigenvalue weighted by atomic mass is 32.2. The summed E-state index contributed by atoms with van der Waals surface area (Å²) in [4.78, 5) is 21.8. The second kappa shape index (κ2) is 16.5. The summed E-state index contributed by atoms with van der Waals surface area (Å²) in [5.41, 5.74) is 9.94. The highest BCUT2D eigenvalue weighted by Crippen LogP contribution is 2.35.